The Morgan fingerprint density at radius 2 is 1.92 bits per heavy atom. The summed E-state index contributed by atoms with van der Waals surface area (Å²) in [6.45, 7) is 1.76. The molecule has 10 nitrogen and oxygen atoms in total. The van der Waals surface area contributed by atoms with Gasteiger partial charge in [0.05, 0.1) is 9.82 Å². The first-order chi connectivity index (χ1) is 11.9. The highest BCUT2D eigenvalue weighted by Gasteiger charge is 2.23. The number of sulfonamides is 1. The lowest BCUT2D eigenvalue weighted by Crippen LogP contribution is -2.27. The molecule has 3 rings (SSSR count). The SMILES string of the molecule is Cn1nc(C2CCNCC2)nc1NS(=O)(=O)c1ccc([N+](=O)[O-])cc1. The molecule has 1 saturated heterocycles. The lowest BCUT2D eigenvalue weighted by atomic mass is 9.98. The largest absolute Gasteiger partial charge is 0.317 e. The van der Waals surface area contributed by atoms with Crippen LogP contribution in [0.15, 0.2) is 29.2 Å². The third-order valence-corrected chi connectivity index (χ3v) is 5.41. The van der Waals surface area contributed by atoms with Crippen LogP contribution in [0.1, 0.15) is 24.6 Å². The van der Waals surface area contributed by atoms with Crippen molar-refractivity contribution in [2.45, 2.75) is 23.7 Å². The normalized spacial score (nSPS) is 15.9. The first-order valence-electron chi connectivity index (χ1n) is 7.76. The molecule has 1 aliphatic rings. The summed E-state index contributed by atoms with van der Waals surface area (Å²) >= 11 is 0. The van der Waals surface area contributed by atoms with Crippen molar-refractivity contribution in [3.05, 3.63) is 40.2 Å². The van der Waals surface area contributed by atoms with E-state index >= 15 is 0 Å². The summed E-state index contributed by atoms with van der Waals surface area (Å²) in [6.07, 6.45) is 1.80. The molecule has 0 saturated carbocycles. The van der Waals surface area contributed by atoms with Gasteiger partial charge in [-0.25, -0.2) is 17.8 Å². The van der Waals surface area contributed by atoms with Crippen LogP contribution in [0.3, 0.4) is 0 Å². The molecule has 0 amide bonds. The highest BCUT2D eigenvalue weighted by molar-refractivity contribution is 7.92. The fourth-order valence-electron chi connectivity index (χ4n) is 2.67. The fourth-order valence-corrected chi connectivity index (χ4v) is 3.70. The van der Waals surface area contributed by atoms with Crippen LogP contribution in [-0.4, -0.2) is 41.2 Å². The molecule has 134 valence electrons. The standard InChI is InChI=1S/C14H18N6O4S/c1-19-14(16-13(17-19)10-6-8-15-9-7-10)18-25(23,24)12-4-2-11(3-5-12)20(21)22/h2-5,10,15H,6-9H2,1H3,(H,16,17,18). The van der Waals surface area contributed by atoms with Crippen molar-refractivity contribution in [3.63, 3.8) is 0 Å². The molecular weight excluding hydrogens is 348 g/mol. The maximum absolute atomic E-state index is 12.4. The predicted octanol–water partition coefficient (Wildman–Crippen LogP) is 0.991. The highest BCUT2D eigenvalue weighted by atomic mass is 32.2. The average molecular weight is 366 g/mol. The number of nitro groups is 1. The number of aryl methyl sites for hydroxylation is 1. The number of nitrogens with zero attached hydrogens (tertiary/aromatic N) is 4. The second kappa shape index (κ2) is 6.76. The highest BCUT2D eigenvalue weighted by Crippen LogP contribution is 2.24. The minimum Gasteiger partial charge on any atom is -0.317 e. The van der Waals surface area contributed by atoms with Gasteiger partial charge in [-0.2, -0.15) is 10.1 Å². The van der Waals surface area contributed by atoms with E-state index in [0.29, 0.717) is 5.82 Å². The zero-order chi connectivity index (χ0) is 18.0. The zero-order valence-electron chi connectivity index (χ0n) is 13.5. The molecule has 1 aromatic heterocycles. The Labute approximate surface area is 144 Å². The second-order valence-electron chi connectivity index (χ2n) is 5.80. The molecule has 2 aromatic rings. The van der Waals surface area contributed by atoms with Crippen molar-refractivity contribution in [2.24, 2.45) is 7.05 Å². The van der Waals surface area contributed by atoms with Gasteiger partial charge in [-0.15, -0.1) is 0 Å². The Morgan fingerprint density at radius 3 is 2.52 bits per heavy atom. The van der Waals surface area contributed by atoms with E-state index in [1.807, 2.05) is 0 Å². The van der Waals surface area contributed by atoms with Crippen LogP contribution in [0.25, 0.3) is 0 Å². The molecule has 1 aliphatic heterocycles. The summed E-state index contributed by atoms with van der Waals surface area (Å²) in [5.74, 6) is 0.933. The van der Waals surface area contributed by atoms with E-state index in [-0.39, 0.29) is 22.4 Å². The minimum absolute atomic E-state index is 0.0792. The third kappa shape index (κ3) is 3.77. The third-order valence-electron chi connectivity index (χ3n) is 4.07. The van der Waals surface area contributed by atoms with E-state index in [4.69, 9.17) is 0 Å². The molecule has 0 aliphatic carbocycles. The predicted molar refractivity (Wildman–Crippen MR) is 89.8 cm³/mol. The average Bonchev–Trinajstić information content (AvgIpc) is 2.96. The molecule has 0 atom stereocenters. The van der Waals surface area contributed by atoms with Gasteiger partial charge in [-0.1, -0.05) is 0 Å². The first-order valence-corrected chi connectivity index (χ1v) is 9.24. The lowest BCUT2D eigenvalue weighted by Gasteiger charge is -2.19. The van der Waals surface area contributed by atoms with E-state index < -0.39 is 14.9 Å². The van der Waals surface area contributed by atoms with E-state index in [1.165, 1.54) is 16.8 Å². The quantitative estimate of drug-likeness (QED) is 0.595. The van der Waals surface area contributed by atoms with Gasteiger partial charge < -0.3 is 5.32 Å². The second-order valence-corrected chi connectivity index (χ2v) is 7.48. The molecule has 1 fully saturated rings. The van der Waals surface area contributed by atoms with Crippen LogP contribution in [0.4, 0.5) is 11.6 Å². The number of non-ortho nitro benzene ring substituents is 1. The van der Waals surface area contributed by atoms with Gasteiger partial charge in [-0.05, 0) is 38.1 Å². The Bertz CT molecular complexity index is 871. The van der Waals surface area contributed by atoms with Crippen LogP contribution in [-0.2, 0) is 17.1 Å². The molecule has 0 radical (unpaired) electrons. The number of anilines is 1. The van der Waals surface area contributed by atoms with E-state index in [9.17, 15) is 18.5 Å². The van der Waals surface area contributed by atoms with Crippen LogP contribution in [0.5, 0.6) is 0 Å². The zero-order valence-corrected chi connectivity index (χ0v) is 14.4. The van der Waals surface area contributed by atoms with E-state index in [0.717, 1.165) is 38.1 Å². The molecule has 11 heteroatoms. The monoisotopic (exact) mass is 366 g/mol. The molecule has 0 bridgehead atoms. The number of benzene rings is 1. The Kier molecular flexibility index (Phi) is 4.68. The molecule has 25 heavy (non-hydrogen) atoms. The molecule has 0 unspecified atom stereocenters. The molecule has 0 spiro atoms. The Morgan fingerprint density at radius 1 is 1.28 bits per heavy atom. The fraction of sp³-hybridized carbons (Fsp3) is 0.429. The van der Waals surface area contributed by atoms with Crippen molar-refractivity contribution < 1.29 is 13.3 Å². The molecular formula is C14H18N6O4S. The summed E-state index contributed by atoms with van der Waals surface area (Å²) in [6, 6.07) is 4.66. The number of nitrogens with one attached hydrogen (secondary N) is 2. The van der Waals surface area contributed by atoms with Crippen LogP contribution in [0, 0.1) is 10.1 Å². The van der Waals surface area contributed by atoms with Gasteiger partial charge >= 0.3 is 0 Å². The molecule has 1 aromatic carbocycles. The molecule has 2 N–H and O–H groups in total. The Balaban J connectivity index is 1.80. The van der Waals surface area contributed by atoms with Crippen LogP contribution >= 0.6 is 0 Å². The number of hydrogen-bond donors (Lipinski definition) is 2. The summed E-state index contributed by atoms with van der Waals surface area (Å²) < 4.78 is 28.7. The van der Waals surface area contributed by atoms with E-state index in [2.05, 4.69) is 20.1 Å². The first kappa shape index (κ1) is 17.3. The number of hydrogen-bond acceptors (Lipinski definition) is 7. The summed E-state index contributed by atoms with van der Waals surface area (Å²) in [5, 5.41) is 18.2. The van der Waals surface area contributed by atoms with Crippen molar-refractivity contribution in [2.75, 3.05) is 17.8 Å². The van der Waals surface area contributed by atoms with Gasteiger partial charge in [0.25, 0.3) is 15.7 Å². The number of piperidine rings is 1. The summed E-state index contributed by atoms with van der Waals surface area (Å²) in [4.78, 5) is 14.3. The van der Waals surface area contributed by atoms with Crippen molar-refractivity contribution in [3.8, 4) is 0 Å². The van der Waals surface area contributed by atoms with Gasteiger partial charge in [0, 0.05) is 25.1 Å². The van der Waals surface area contributed by atoms with Gasteiger partial charge in [0.15, 0.2) is 5.82 Å². The smallest absolute Gasteiger partial charge is 0.269 e. The maximum atomic E-state index is 12.4. The van der Waals surface area contributed by atoms with Gasteiger partial charge in [0.2, 0.25) is 5.95 Å². The number of nitro benzene ring substituents is 1. The van der Waals surface area contributed by atoms with E-state index in [1.54, 1.807) is 7.05 Å². The van der Waals surface area contributed by atoms with Gasteiger partial charge in [0.1, 0.15) is 0 Å². The number of aromatic nitrogens is 3. The van der Waals surface area contributed by atoms with Crippen LogP contribution in [0.2, 0.25) is 0 Å². The van der Waals surface area contributed by atoms with Crippen LogP contribution < -0.4 is 10.0 Å². The van der Waals surface area contributed by atoms with Crippen molar-refractivity contribution in [1.29, 1.82) is 0 Å². The van der Waals surface area contributed by atoms with Crippen molar-refractivity contribution >= 4 is 21.7 Å². The minimum atomic E-state index is -3.90. The Hall–Kier alpha value is -2.53. The lowest BCUT2D eigenvalue weighted by molar-refractivity contribution is -0.384. The van der Waals surface area contributed by atoms with Gasteiger partial charge in [-0.3, -0.25) is 10.1 Å². The summed E-state index contributed by atoms with van der Waals surface area (Å²) in [7, 11) is -2.29. The molecule has 2 heterocycles. The number of rotatable bonds is 5. The van der Waals surface area contributed by atoms with Crippen molar-refractivity contribution in [1.82, 2.24) is 20.1 Å². The topological polar surface area (TPSA) is 132 Å². The summed E-state index contributed by atoms with van der Waals surface area (Å²) in [5.41, 5.74) is -0.175. The maximum Gasteiger partial charge on any atom is 0.269 e.